The molecule has 2 aromatic heterocycles. The van der Waals surface area contributed by atoms with Crippen LogP contribution in [0.4, 0.5) is 0 Å². The van der Waals surface area contributed by atoms with Crippen LogP contribution in [-0.2, 0) is 6.42 Å². The fourth-order valence-corrected chi connectivity index (χ4v) is 2.21. The van der Waals surface area contributed by atoms with Crippen molar-refractivity contribution < 1.29 is 4.74 Å². The van der Waals surface area contributed by atoms with Crippen molar-refractivity contribution >= 4 is 17.2 Å². The van der Waals surface area contributed by atoms with Gasteiger partial charge in [-0.05, 0) is 18.2 Å². The third-order valence-electron chi connectivity index (χ3n) is 2.90. The molecule has 5 heteroatoms. The molecule has 0 aliphatic rings. The summed E-state index contributed by atoms with van der Waals surface area (Å²) in [5.41, 5.74) is 1.80. The zero-order chi connectivity index (χ0) is 13.2. The van der Waals surface area contributed by atoms with Crippen molar-refractivity contribution in [3.8, 4) is 5.75 Å². The predicted octanol–water partition coefficient (Wildman–Crippen LogP) is 2.98. The molecule has 3 aromatic rings. The molecule has 1 aromatic carbocycles. The topological polar surface area (TPSA) is 39.4 Å². The maximum absolute atomic E-state index is 6.07. The molecule has 0 N–H and O–H groups in total. The normalized spacial score (nSPS) is 10.8. The van der Waals surface area contributed by atoms with Crippen molar-refractivity contribution in [2.45, 2.75) is 6.42 Å². The number of halogens is 1. The Hall–Kier alpha value is -2.07. The van der Waals surface area contributed by atoms with Gasteiger partial charge in [0.25, 0.3) is 0 Å². The van der Waals surface area contributed by atoms with Gasteiger partial charge in [0.15, 0.2) is 11.5 Å². The Bertz CT molecular complexity index is 724. The summed E-state index contributed by atoms with van der Waals surface area (Å²) in [4.78, 5) is 4.46. The number of aromatic nitrogens is 3. The molecule has 0 saturated carbocycles. The van der Waals surface area contributed by atoms with E-state index < -0.39 is 0 Å². The van der Waals surface area contributed by atoms with Crippen molar-refractivity contribution in [3.05, 3.63) is 59.0 Å². The first-order valence-electron chi connectivity index (χ1n) is 5.90. The molecule has 0 radical (unpaired) electrons. The lowest BCUT2D eigenvalue weighted by atomic mass is 10.1. The number of nitrogens with zero attached hydrogens (tertiary/aromatic N) is 3. The van der Waals surface area contributed by atoms with E-state index in [1.54, 1.807) is 17.7 Å². The van der Waals surface area contributed by atoms with Gasteiger partial charge >= 0.3 is 0 Å². The summed E-state index contributed by atoms with van der Waals surface area (Å²) in [7, 11) is 1.66. The summed E-state index contributed by atoms with van der Waals surface area (Å²) >= 11 is 6.07. The van der Waals surface area contributed by atoms with Gasteiger partial charge in [0.1, 0.15) is 10.9 Å². The molecule has 0 spiro atoms. The zero-order valence-corrected chi connectivity index (χ0v) is 11.1. The lowest BCUT2D eigenvalue weighted by Crippen LogP contribution is -1.96. The average molecular weight is 274 g/mol. The predicted molar refractivity (Wildman–Crippen MR) is 73.8 cm³/mol. The van der Waals surface area contributed by atoms with E-state index in [1.807, 2.05) is 36.4 Å². The smallest absolute Gasteiger partial charge is 0.157 e. The van der Waals surface area contributed by atoms with E-state index in [4.69, 9.17) is 16.3 Å². The minimum absolute atomic E-state index is 0.552. The van der Waals surface area contributed by atoms with Gasteiger partial charge in [-0.1, -0.05) is 35.9 Å². The molecule has 96 valence electrons. The monoisotopic (exact) mass is 273 g/mol. The number of pyridine rings is 1. The van der Waals surface area contributed by atoms with Crippen LogP contribution >= 0.6 is 11.6 Å². The van der Waals surface area contributed by atoms with E-state index >= 15 is 0 Å². The van der Waals surface area contributed by atoms with Crippen molar-refractivity contribution in [3.63, 3.8) is 0 Å². The van der Waals surface area contributed by atoms with Crippen LogP contribution in [0.25, 0.3) is 5.65 Å². The summed E-state index contributed by atoms with van der Waals surface area (Å²) < 4.78 is 6.96. The fraction of sp³-hybridized carbons (Fsp3) is 0.143. The SMILES string of the molecule is COc1ccccc1Cc1nc2cccc(Cl)n2n1. The third kappa shape index (κ3) is 2.27. The number of ether oxygens (including phenoxy) is 1. The summed E-state index contributed by atoms with van der Waals surface area (Å²) in [6.45, 7) is 0. The fourth-order valence-electron chi connectivity index (χ4n) is 2.01. The standard InChI is InChI=1S/C14H12ClN3O/c1-19-11-6-3-2-5-10(11)9-13-16-14-8-4-7-12(15)18(14)17-13/h2-8H,9H2,1H3. The van der Waals surface area contributed by atoms with Crippen molar-refractivity contribution in [1.82, 2.24) is 14.6 Å². The molecule has 19 heavy (non-hydrogen) atoms. The van der Waals surface area contributed by atoms with Gasteiger partial charge in [-0.15, -0.1) is 5.10 Å². The molecular weight excluding hydrogens is 262 g/mol. The first kappa shape index (κ1) is 12.0. The molecule has 0 amide bonds. The molecule has 0 fully saturated rings. The van der Waals surface area contributed by atoms with E-state index in [-0.39, 0.29) is 0 Å². The highest BCUT2D eigenvalue weighted by molar-refractivity contribution is 6.29. The van der Waals surface area contributed by atoms with Gasteiger partial charge in [0, 0.05) is 12.0 Å². The van der Waals surface area contributed by atoms with Crippen LogP contribution in [-0.4, -0.2) is 21.7 Å². The summed E-state index contributed by atoms with van der Waals surface area (Å²) in [6, 6.07) is 13.4. The maximum atomic E-state index is 6.07. The van der Waals surface area contributed by atoms with Gasteiger partial charge in [0.2, 0.25) is 0 Å². The molecule has 0 saturated heterocycles. The van der Waals surface area contributed by atoms with Gasteiger partial charge < -0.3 is 4.74 Å². The number of rotatable bonds is 3. The van der Waals surface area contributed by atoms with Crippen LogP contribution in [0.5, 0.6) is 5.75 Å². The molecule has 0 atom stereocenters. The number of benzene rings is 1. The van der Waals surface area contributed by atoms with Crippen LogP contribution in [0.1, 0.15) is 11.4 Å². The second kappa shape index (κ2) is 4.90. The number of fused-ring (bicyclic) bond motifs is 1. The largest absolute Gasteiger partial charge is 0.496 e. The first-order chi connectivity index (χ1) is 9.28. The van der Waals surface area contributed by atoms with Crippen LogP contribution in [0.3, 0.4) is 0 Å². The quantitative estimate of drug-likeness (QED) is 0.689. The van der Waals surface area contributed by atoms with E-state index in [0.29, 0.717) is 11.6 Å². The Morgan fingerprint density at radius 3 is 2.79 bits per heavy atom. The highest BCUT2D eigenvalue weighted by atomic mass is 35.5. The van der Waals surface area contributed by atoms with Crippen LogP contribution in [0.15, 0.2) is 42.5 Å². The molecule has 0 aliphatic heterocycles. The van der Waals surface area contributed by atoms with Gasteiger partial charge in [-0.3, -0.25) is 0 Å². The zero-order valence-electron chi connectivity index (χ0n) is 10.4. The van der Waals surface area contributed by atoms with E-state index in [2.05, 4.69) is 10.1 Å². The van der Waals surface area contributed by atoms with Crippen molar-refractivity contribution in [2.75, 3.05) is 7.11 Å². The Balaban J connectivity index is 1.99. The highest BCUT2D eigenvalue weighted by Crippen LogP contribution is 2.20. The highest BCUT2D eigenvalue weighted by Gasteiger charge is 2.09. The Morgan fingerprint density at radius 1 is 1.16 bits per heavy atom. The van der Waals surface area contributed by atoms with E-state index in [9.17, 15) is 0 Å². The number of hydrogen-bond donors (Lipinski definition) is 0. The van der Waals surface area contributed by atoms with E-state index in [0.717, 1.165) is 22.8 Å². The lowest BCUT2D eigenvalue weighted by molar-refractivity contribution is 0.410. The molecular formula is C14H12ClN3O. The summed E-state index contributed by atoms with van der Waals surface area (Å²) in [5.74, 6) is 1.56. The van der Waals surface area contributed by atoms with Gasteiger partial charge in [0.05, 0.1) is 7.11 Å². The van der Waals surface area contributed by atoms with Crippen LogP contribution in [0, 0.1) is 0 Å². The van der Waals surface area contributed by atoms with Crippen molar-refractivity contribution in [1.29, 1.82) is 0 Å². The molecule has 0 aliphatic carbocycles. The molecule has 4 nitrogen and oxygen atoms in total. The third-order valence-corrected chi connectivity index (χ3v) is 3.18. The molecule has 2 heterocycles. The number of hydrogen-bond acceptors (Lipinski definition) is 3. The van der Waals surface area contributed by atoms with Crippen LogP contribution in [0.2, 0.25) is 5.15 Å². The summed E-state index contributed by atoms with van der Waals surface area (Å²) in [6.07, 6.45) is 0.613. The van der Waals surface area contributed by atoms with Gasteiger partial charge in [-0.25, -0.2) is 9.50 Å². The minimum atomic E-state index is 0.552. The molecule has 0 unspecified atom stereocenters. The lowest BCUT2D eigenvalue weighted by Gasteiger charge is -2.05. The van der Waals surface area contributed by atoms with E-state index in [1.165, 1.54) is 0 Å². The minimum Gasteiger partial charge on any atom is -0.496 e. The average Bonchev–Trinajstić information content (AvgIpc) is 2.83. The Labute approximate surface area is 115 Å². The number of para-hydroxylation sites is 1. The second-order valence-electron chi connectivity index (χ2n) is 4.14. The molecule has 0 bridgehead atoms. The Kier molecular flexibility index (Phi) is 3.09. The van der Waals surface area contributed by atoms with Gasteiger partial charge in [-0.2, -0.15) is 0 Å². The maximum Gasteiger partial charge on any atom is 0.157 e. The summed E-state index contributed by atoms with van der Waals surface area (Å²) in [5, 5.41) is 4.95. The Morgan fingerprint density at radius 2 is 2.00 bits per heavy atom. The first-order valence-corrected chi connectivity index (χ1v) is 6.28. The van der Waals surface area contributed by atoms with Crippen LogP contribution < -0.4 is 4.74 Å². The van der Waals surface area contributed by atoms with Crippen molar-refractivity contribution in [2.24, 2.45) is 0 Å². The molecule has 3 rings (SSSR count). The second-order valence-corrected chi connectivity index (χ2v) is 4.52. The number of methoxy groups -OCH3 is 1.